The first kappa shape index (κ1) is 22.1. The van der Waals surface area contributed by atoms with Gasteiger partial charge in [-0.05, 0) is 60.1 Å². The lowest BCUT2D eigenvalue weighted by Crippen LogP contribution is -2.40. The van der Waals surface area contributed by atoms with E-state index in [0.717, 1.165) is 30.6 Å². The van der Waals surface area contributed by atoms with Gasteiger partial charge in [0, 0.05) is 31.0 Å². The largest absolute Gasteiger partial charge is 0.497 e. The predicted octanol–water partition coefficient (Wildman–Crippen LogP) is 5.05. The number of ether oxygens (including phenoxy) is 1. The van der Waals surface area contributed by atoms with Crippen LogP contribution in [0, 0.1) is 5.92 Å². The molecule has 0 saturated carbocycles. The maximum atomic E-state index is 12.7. The van der Waals surface area contributed by atoms with Crippen LogP contribution in [0.4, 0.5) is 0 Å². The van der Waals surface area contributed by atoms with Gasteiger partial charge in [-0.1, -0.05) is 45.0 Å². The van der Waals surface area contributed by atoms with Crippen molar-refractivity contribution in [1.29, 1.82) is 0 Å². The van der Waals surface area contributed by atoms with Crippen LogP contribution in [0.2, 0.25) is 0 Å². The van der Waals surface area contributed by atoms with E-state index >= 15 is 0 Å². The van der Waals surface area contributed by atoms with Gasteiger partial charge in [0.15, 0.2) is 5.78 Å². The van der Waals surface area contributed by atoms with Crippen molar-refractivity contribution in [3.05, 3.63) is 65.2 Å². The van der Waals surface area contributed by atoms with Crippen molar-refractivity contribution in [2.24, 2.45) is 5.92 Å². The number of carbonyl (C=O) groups is 2. The smallest absolute Gasteiger partial charge is 0.222 e. The number of benzene rings is 2. The molecule has 3 rings (SSSR count). The molecule has 4 heteroatoms. The molecule has 1 heterocycles. The summed E-state index contributed by atoms with van der Waals surface area (Å²) >= 11 is 0. The quantitative estimate of drug-likeness (QED) is 0.630. The fourth-order valence-corrected chi connectivity index (χ4v) is 3.96. The summed E-state index contributed by atoms with van der Waals surface area (Å²) in [4.78, 5) is 27.3. The van der Waals surface area contributed by atoms with Crippen molar-refractivity contribution in [3.8, 4) is 5.75 Å². The Morgan fingerprint density at radius 1 is 0.967 bits per heavy atom. The van der Waals surface area contributed by atoms with E-state index in [9.17, 15) is 9.59 Å². The van der Waals surface area contributed by atoms with E-state index in [0.29, 0.717) is 19.5 Å². The second kappa shape index (κ2) is 9.46. The zero-order chi connectivity index (χ0) is 21.7. The number of hydrogen-bond donors (Lipinski definition) is 0. The number of nitrogens with zero attached hydrogens (tertiary/aromatic N) is 1. The normalized spacial score (nSPS) is 15.1. The summed E-state index contributed by atoms with van der Waals surface area (Å²) in [7, 11) is 1.62. The van der Waals surface area contributed by atoms with Gasteiger partial charge in [-0.2, -0.15) is 0 Å². The highest BCUT2D eigenvalue weighted by Gasteiger charge is 2.27. The summed E-state index contributed by atoms with van der Waals surface area (Å²) in [5.41, 5.74) is 3.36. The first-order chi connectivity index (χ1) is 14.3. The highest BCUT2D eigenvalue weighted by molar-refractivity contribution is 5.98. The number of Topliss-reactive ketones (excluding diaryl/α,β-unsaturated/α-hetero) is 1. The molecule has 1 aliphatic rings. The molecule has 160 valence electrons. The number of amides is 1. The lowest BCUT2D eigenvalue weighted by atomic mass is 9.86. The zero-order valence-electron chi connectivity index (χ0n) is 18.6. The Balaban J connectivity index is 1.47. The average molecular weight is 408 g/mol. The van der Waals surface area contributed by atoms with Gasteiger partial charge in [0.05, 0.1) is 7.11 Å². The third kappa shape index (κ3) is 5.50. The van der Waals surface area contributed by atoms with Crippen LogP contribution in [-0.4, -0.2) is 36.8 Å². The summed E-state index contributed by atoms with van der Waals surface area (Å²) in [5, 5.41) is 0. The molecule has 2 aromatic rings. The Kier molecular flexibility index (Phi) is 6.96. The monoisotopic (exact) mass is 407 g/mol. The molecular formula is C26H33NO3. The summed E-state index contributed by atoms with van der Waals surface area (Å²) in [5.74, 6) is 1.10. The number of methoxy groups -OCH3 is 1. The number of aryl methyl sites for hydroxylation is 1. The predicted molar refractivity (Wildman–Crippen MR) is 120 cm³/mol. The fourth-order valence-electron chi connectivity index (χ4n) is 3.96. The molecule has 1 fully saturated rings. The molecule has 1 saturated heterocycles. The van der Waals surface area contributed by atoms with E-state index in [1.807, 2.05) is 29.2 Å². The van der Waals surface area contributed by atoms with E-state index in [1.54, 1.807) is 7.11 Å². The molecule has 30 heavy (non-hydrogen) atoms. The van der Waals surface area contributed by atoms with Crippen LogP contribution in [0.25, 0.3) is 0 Å². The zero-order valence-corrected chi connectivity index (χ0v) is 18.6. The summed E-state index contributed by atoms with van der Waals surface area (Å²) in [6.07, 6.45) is 2.74. The average Bonchev–Trinajstić information content (AvgIpc) is 2.77. The van der Waals surface area contributed by atoms with Gasteiger partial charge < -0.3 is 9.64 Å². The van der Waals surface area contributed by atoms with Crippen LogP contribution in [0.15, 0.2) is 48.5 Å². The molecule has 1 aliphatic heterocycles. The standard InChI is InChI=1S/C26H33NO3/c1-26(2,3)22-10-5-19(6-11-22)7-14-24(28)27-17-15-21(16-18-27)25(29)20-8-12-23(30-4)13-9-20/h5-6,8-13,21H,7,14-18H2,1-4H3. The van der Waals surface area contributed by atoms with Crippen molar-refractivity contribution < 1.29 is 14.3 Å². The molecule has 0 radical (unpaired) electrons. The topological polar surface area (TPSA) is 46.6 Å². The van der Waals surface area contributed by atoms with Gasteiger partial charge >= 0.3 is 0 Å². The fraction of sp³-hybridized carbons (Fsp3) is 0.462. The number of ketones is 1. The van der Waals surface area contributed by atoms with Crippen LogP contribution in [0.3, 0.4) is 0 Å². The van der Waals surface area contributed by atoms with E-state index in [-0.39, 0.29) is 23.0 Å². The Morgan fingerprint density at radius 3 is 2.10 bits per heavy atom. The molecule has 2 aromatic carbocycles. The van der Waals surface area contributed by atoms with Crippen LogP contribution < -0.4 is 4.74 Å². The minimum Gasteiger partial charge on any atom is -0.497 e. The molecule has 0 atom stereocenters. The Morgan fingerprint density at radius 2 is 1.57 bits per heavy atom. The number of likely N-dealkylation sites (tertiary alicyclic amines) is 1. The molecule has 0 bridgehead atoms. The Labute approximate surface area is 180 Å². The van der Waals surface area contributed by atoms with Gasteiger partial charge in [0.25, 0.3) is 0 Å². The lowest BCUT2D eigenvalue weighted by Gasteiger charge is -2.31. The third-order valence-electron chi connectivity index (χ3n) is 6.04. The van der Waals surface area contributed by atoms with Gasteiger partial charge in [-0.3, -0.25) is 9.59 Å². The van der Waals surface area contributed by atoms with Crippen molar-refractivity contribution in [2.75, 3.05) is 20.2 Å². The summed E-state index contributed by atoms with van der Waals surface area (Å²) < 4.78 is 5.15. The highest BCUT2D eigenvalue weighted by atomic mass is 16.5. The van der Waals surface area contributed by atoms with Gasteiger partial charge in [-0.25, -0.2) is 0 Å². The second-order valence-corrected chi connectivity index (χ2v) is 9.19. The van der Waals surface area contributed by atoms with Crippen molar-refractivity contribution in [2.45, 2.75) is 51.9 Å². The van der Waals surface area contributed by atoms with Crippen LogP contribution >= 0.6 is 0 Å². The third-order valence-corrected chi connectivity index (χ3v) is 6.04. The first-order valence-electron chi connectivity index (χ1n) is 10.8. The van der Waals surface area contributed by atoms with Crippen LogP contribution in [0.5, 0.6) is 5.75 Å². The molecule has 0 aromatic heterocycles. The van der Waals surface area contributed by atoms with Crippen molar-refractivity contribution >= 4 is 11.7 Å². The number of rotatable bonds is 6. The maximum Gasteiger partial charge on any atom is 0.222 e. The Bertz CT molecular complexity index is 855. The van der Waals surface area contributed by atoms with Crippen molar-refractivity contribution in [3.63, 3.8) is 0 Å². The summed E-state index contributed by atoms with van der Waals surface area (Å²) in [6, 6.07) is 15.9. The van der Waals surface area contributed by atoms with Crippen molar-refractivity contribution in [1.82, 2.24) is 4.90 Å². The van der Waals surface area contributed by atoms with Gasteiger partial charge in [-0.15, -0.1) is 0 Å². The molecule has 4 nitrogen and oxygen atoms in total. The van der Waals surface area contributed by atoms with E-state index in [1.165, 1.54) is 11.1 Å². The highest BCUT2D eigenvalue weighted by Crippen LogP contribution is 2.25. The number of piperidine rings is 1. The van der Waals surface area contributed by atoms with Crippen LogP contribution in [-0.2, 0) is 16.6 Å². The number of carbonyl (C=O) groups excluding carboxylic acids is 2. The minimum absolute atomic E-state index is 0.00705. The Hall–Kier alpha value is -2.62. The van der Waals surface area contributed by atoms with Gasteiger partial charge in [0.1, 0.15) is 5.75 Å². The molecule has 0 aliphatic carbocycles. The second-order valence-electron chi connectivity index (χ2n) is 9.19. The number of hydrogen-bond acceptors (Lipinski definition) is 3. The van der Waals surface area contributed by atoms with E-state index in [4.69, 9.17) is 4.74 Å². The maximum absolute atomic E-state index is 12.7. The SMILES string of the molecule is COc1ccc(C(=O)C2CCN(C(=O)CCc3ccc(C(C)(C)C)cc3)CC2)cc1. The van der Waals surface area contributed by atoms with Gasteiger partial charge in [0.2, 0.25) is 5.91 Å². The van der Waals surface area contributed by atoms with E-state index in [2.05, 4.69) is 45.0 Å². The molecule has 1 amide bonds. The molecule has 0 unspecified atom stereocenters. The van der Waals surface area contributed by atoms with Crippen LogP contribution in [0.1, 0.15) is 61.5 Å². The summed E-state index contributed by atoms with van der Waals surface area (Å²) in [6.45, 7) is 7.93. The first-order valence-corrected chi connectivity index (χ1v) is 10.8. The molecule has 0 spiro atoms. The van der Waals surface area contributed by atoms with E-state index < -0.39 is 0 Å². The molecular weight excluding hydrogens is 374 g/mol. The minimum atomic E-state index is -0.00705. The molecule has 0 N–H and O–H groups in total. The lowest BCUT2D eigenvalue weighted by molar-refractivity contribution is -0.132.